The van der Waals surface area contributed by atoms with Crippen LogP contribution in [0.3, 0.4) is 0 Å². The number of amides is 1. The van der Waals surface area contributed by atoms with Gasteiger partial charge in [0.25, 0.3) is 5.91 Å². The van der Waals surface area contributed by atoms with Gasteiger partial charge in [-0.15, -0.1) is 0 Å². The highest BCUT2D eigenvalue weighted by Gasteiger charge is 2.19. The van der Waals surface area contributed by atoms with Crippen LogP contribution in [0.5, 0.6) is 0 Å². The lowest BCUT2D eigenvalue weighted by molar-refractivity contribution is 0.0951. The zero-order valence-electron chi connectivity index (χ0n) is 26.6. The number of carbonyl (C=O) groups excluding carboxylic acids is 1. The molecule has 7 nitrogen and oxygen atoms in total. The molecule has 236 valence electrons. The van der Waals surface area contributed by atoms with Gasteiger partial charge in [0.2, 0.25) is 0 Å². The van der Waals surface area contributed by atoms with Gasteiger partial charge in [-0.05, 0) is 78.4 Å². The number of nitrogens with two attached hydrogens (primary N) is 1. The SMILES string of the molecule is Nc1ncccc1-c1nc2ccc(-c3ccccc3)nc2n1-c1ccc(CNC(=O)c2ccc(C3CCCCCCCC3)cc2)cc1. The number of hydrogen-bond acceptors (Lipinski definition) is 5. The van der Waals surface area contributed by atoms with Gasteiger partial charge in [0.05, 0.1) is 11.3 Å². The van der Waals surface area contributed by atoms with Crippen LogP contribution in [0.1, 0.15) is 78.8 Å². The summed E-state index contributed by atoms with van der Waals surface area (Å²) >= 11 is 0. The summed E-state index contributed by atoms with van der Waals surface area (Å²) in [5.41, 5.74) is 14.4. The first-order valence-electron chi connectivity index (χ1n) is 16.8. The van der Waals surface area contributed by atoms with Crippen LogP contribution in [-0.2, 0) is 6.54 Å². The highest BCUT2D eigenvalue weighted by molar-refractivity contribution is 5.94. The van der Waals surface area contributed by atoms with Crippen LogP contribution in [-0.4, -0.2) is 25.4 Å². The summed E-state index contributed by atoms with van der Waals surface area (Å²) in [5, 5.41) is 3.10. The molecule has 3 aromatic carbocycles. The summed E-state index contributed by atoms with van der Waals surface area (Å²) in [6, 6.07) is 34.3. The topological polar surface area (TPSA) is 98.7 Å². The summed E-state index contributed by atoms with van der Waals surface area (Å²) in [6.07, 6.45) is 12.2. The third-order valence-electron chi connectivity index (χ3n) is 9.30. The van der Waals surface area contributed by atoms with Crippen LogP contribution in [0.15, 0.2) is 109 Å². The molecule has 1 aliphatic carbocycles. The average Bonchev–Trinajstić information content (AvgIpc) is 3.56. The Bertz CT molecular complexity index is 1960. The van der Waals surface area contributed by atoms with Crippen LogP contribution in [0.25, 0.3) is 39.5 Å². The van der Waals surface area contributed by atoms with E-state index in [1.54, 1.807) is 6.20 Å². The Hall–Kier alpha value is -5.30. The number of benzene rings is 3. The van der Waals surface area contributed by atoms with E-state index in [4.69, 9.17) is 15.7 Å². The molecule has 3 N–H and O–H groups in total. The van der Waals surface area contributed by atoms with Crippen LogP contribution in [0.4, 0.5) is 5.82 Å². The first-order valence-corrected chi connectivity index (χ1v) is 16.8. The molecule has 7 heteroatoms. The predicted molar refractivity (Wildman–Crippen MR) is 189 cm³/mol. The molecule has 3 aromatic heterocycles. The average molecular weight is 621 g/mol. The lowest BCUT2D eigenvalue weighted by atomic mass is 9.89. The Morgan fingerprint density at radius 1 is 0.766 bits per heavy atom. The Morgan fingerprint density at radius 3 is 2.21 bits per heavy atom. The fraction of sp³-hybridized carbons (Fsp3) is 0.250. The molecule has 47 heavy (non-hydrogen) atoms. The fourth-order valence-corrected chi connectivity index (χ4v) is 6.68. The van der Waals surface area contributed by atoms with Crippen molar-refractivity contribution in [3.63, 3.8) is 0 Å². The monoisotopic (exact) mass is 620 g/mol. The van der Waals surface area contributed by atoms with Crippen molar-refractivity contribution < 1.29 is 4.79 Å². The maximum absolute atomic E-state index is 13.1. The first-order chi connectivity index (χ1) is 23.1. The van der Waals surface area contributed by atoms with E-state index >= 15 is 0 Å². The van der Waals surface area contributed by atoms with Gasteiger partial charge in [0, 0.05) is 29.6 Å². The molecule has 0 saturated heterocycles. The van der Waals surface area contributed by atoms with Crippen molar-refractivity contribution >= 4 is 22.9 Å². The Labute approximate surface area is 275 Å². The van der Waals surface area contributed by atoms with Gasteiger partial charge in [-0.25, -0.2) is 15.0 Å². The minimum atomic E-state index is -0.0670. The summed E-state index contributed by atoms with van der Waals surface area (Å²) in [6.45, 7) is 0.424. The molecule has 7 rings (SSSR count). The van der Waals surface area contributed by atoms with Crippen molar-refractivity contribution in [2.45, 2.75) is 63.8 Å². The normalized spacial score (nSPS) is 14.3. The van der Waals surface area contributed by atoms with Crippen molar-refractivity contribution in [2.24, 2.45) is 0 Å². The number of anilines is 1. The molecule has 6 aromatic rings. The molecule has 1 fully saturated rings. The lowest BCUT2D eigenvalue weighted by Crippen LogP contribution is -2.22. The molecule has 0 bridgehead atoms. The highest BCUT2D eigenvalue weighted by atomic mass is 16.1. The zero-order chi connectivity index (χ0) is 32.0. The highest BCUT2D eigenvalue weighted by Crippen LogP contribution is 2.33. The zero-order valence-corrected chi connectivity index (χ0v) is 26.6. The van der Waals surface area contributed by atoms with E-state index < -0.39 is 0 Å². The Kier molecular flexibility index (Phi) is 9.04. The smallest absolute Gasteiger partial charge is 0.251 e. The van der Waals surface area contributed by atoms with Gasteiger partial charge in [-0.3, -0.25) is 9.36 Å². The number of nitrogens with zero attached hydrogens (tertiary/aromatic N) is 4. The number of aromatic nitrogens is 4. The van der Waals surface area contributed by atoms with Gasteiger partial charge in [0.15, 0.2) is 11.5 Å². The second-order valence-corrected chi connectivity index (χ2v) is 12.5. The quantitative estimate of drug-likeness (QED) is 0.186. The molecule has 1 saturated carbocycles. The number of hydrogen-bond donors (Lipinski definition) is 2. The van der Waals surface area contributed by atoms with Crippen molar-refractivity contribution in [3.05, 3.63) is 126 Å². The van der Waals surface area contributed by atoms with Crippen LogP contribution in [0, 0.1) is 0 Å². The van der Waals surface area contributed by atoms with Crippen molar-refractivity contribution in [2.75, 3.05) is 5.73 Å². The summed E-state index contributed by atoms with van der Waals surface area (Å²) < 4.78 is 2.02. The molecule has 3 heterocycles. The van der Waals surface area contributed by atoms with Gasteiger partial charge >= 0.3 is 0 Å². The molecular formula is C40H40N6O. The van der Waals surface area contributed by atoms with E-state index in [2.05, 4.69) is 22.4 Å². The maximum Gasteiger partial charge on any atom is 0.251 e. The van der Waals surface area contributed by atoms with Crippen LogP contribution >= 0.6 is 0 Å². The fourth-order valence-electron chi connectivity index (χ4n) is 6.68. The Balaban J connectivity index is 1.11. The summed E-state index contributed by atoms with van der Waals surface area (Å²) in [7, 11) is 0. The number of imidazole rings is 1. The van der Waals surface area contributed by atoms with Gasteiger partial charge in [-0.2, -0.15) is 0 Å². The molecule has 0 unspecified atom stereocenters. The molecule has 0 spiro atoms. The maximum atomic E-state index is 13.1. The molecule has 0 atom stereocenters. The molecule has 1 amide bonds. The number of rotatable bonds is 7. The lowest BCUT2D eigenvalue weighted by Gasteiger charge is -2.17. The molecule has 0 radical (unpaired) electrons. The van der Waals surface area contributed by atoms with E-state index in [0.29, 0.717) is 29.7 Å². The minimum absolute atomic E-state index is 0.0670. The number of nitrogen functional groups attached to an aromatic ring is 1. The Morgan fingerprint density at radius 2 is 1.49 bits per heavy atom. The standard InChI is InChI=1S/C40H40N6O/c41-37-34(15-10-26-42-37)38-45-36-25-24-35(31-13-8-5-9-14-31)44-39(36)46(38)33-22-16-28(17-23-33)27-43-40(47)32-20-18-30(19-21-32)29-11-6-3-1-2-4-7-12-29/h5,8-10,13-26,29H,1-4,6-7,11-12,27H2,(H2,41,42)(H,43,47). The van der Waals surface area contributed by atoms with Crippen LogP contribution < -0.4 is 11.1 Å². The molecule has 1 aliphatic rings. The predicted octanol–water partition coefficient (Wildman–Crippen LogP) is 8.88. The number of carbonyl (C=O) groups is 1. The number of pyridine rings is 2. The van der Waals surface area contributed by atoms with E-state index in [1.807, 2.05) is 95.6 Å². The molecular weight excluding hydrogens is 580 g/mol. The van der Waals surface area contributed by atoms with Gasteiger partial charge in [0.1, 0.15) is 11.3 Å². The third-order valence-corrected chi connectivity index (χ3v) is 9.30. The van der Waals surface area contributed by atoms with E-state index in [-0.39, 0.29) is 5.91 Å². The third kappa shape index (κ3) is 6.80. The van der Waals surface area contributed by atoms with Crippen LogP contribution in [0.2, 0.25) is 0 Å². The van der Waals surface area contributed by atoms with E-state index in [1.165, 1.54) is 56.9 Å². The minimum Gasteiger partial charge on any atom is -0.383 e. The van der Waals surface area contributed by atoms with Crippen molar-refractivity contribution in [1.29, 1.82) is 0 Å². The van der Waals surface area contributed by atoms with Gasteiger partial charge < -0.3 is 11.1 Å². The summed E-state index contributed by atoms with van der Waals surface area (Å²) in [5.74, 6) is 1.61. The second kappa shape index (κ2) is 14.0. The first kappa shape index (κ1) is 30.4. The largest absolute Gasteiger partial charge is 0.383 e. The summed E-state index contributed by atoms with van der Waals surface area (Å²) in [4.78, 5) is 27.4. The number of nitrogens with one attached hydrogen (secondary N) is 1. The van der Waals surface area contributed by atoms with Crippen molar-refractivity contribution in [3.8, 4) is 28.3 Å². The van der Waals surface area contributed by atoms with E-state index in [9.17, 15) is 4.79 Å². The van der Waals surface area contributed by atoms with Gasteiger partial charge in [-0.1, -0.05) is 93.1 Å². The van der Waals surface area contributed by atoms with E-state index in [0.717, 1.165) is 39.2 Å². The molecule has 0 aliphatic heterocycles. The second-order valence-electron chi connectivity index (χ2n) is 12.5. The number of fused-ring (bicyclic) bond motifs is 1. The van der Waals surface area contributed by atoms with Crippen molar-refractivity contribution in [1.82, 2.24) is 24.8 Å².